The van der Waals surface area contributed by atoms with E-state index in [1.807, 2.05) is 23.1 Å². The number of hydrogen-bond acceptors (Lipinski definition) is 6. The van der Waals surface area contributed by atoms with E-state index < -0.39 is 17.8 Å². The van der Waals surface area contributed by atoms with Crippen LogP contribution in [0.25, 0.3) is 0 Å². The molecular weight excluding hydrogens is 430 g/mol. The summed E-state index contributed by atoms with van der Waals surface area (Å²) >= 11 is 6.36. The van der Waals surface area contributed by atoms with Crippen molar-refractivity contribution in [3.8, 4) is 0 Å². The monoisotopic (exact) mass is 453 g/mol. The average Bonchev–Trinajstić information content (AvgIpc) is 3.03. The Labute approximate surface area is 191 Å². The highest BCUT2D eigenvalue weighted by atomic mass is 35.5. The molecule has 0 unspecified atom stereocenters. The van der Waals surface area contributed by atoms with Crippen molar-refractivity contribution in [3.63, 3.8) is 0 Å². The Balaban J connectivity index is 1.50. The van der Waals surface area contributed by atoms with Crippen molar-refractivity contribution >= 4 is 35.1 Å². The van der Waals surface area contributed by atoms with Gasteiger partial charge in [0.05, 0.1) is 17.9 Å². The topological polar surface area (TPSA) is 70.2 Å². The molecule has 2 aromatic carbocycles. The van der Waals surface area contributed by atoms with Gasteiger partial charge in [0.1, 0.15) is 10.7 Å². The lowest BCUT2D eigenvalue weighted by atomic mass is 10.1. The Bertz CT molecular complexity index is 1060. The second kappa shape index (κ2) is 9.54. The van der Waals surface area contributed by atoms with Crippen LogP contribution >= 0.6 is 11.6 Å². The zero-order valence-corrected chi connectivity index (χ0v) is 18.5. The summed E-state index contributed by atoms with van der Waals surface area (Å²) in [5, 5.41) is -0.120. The minimum Gasteiger partial charge on any atom is -0.462 e. The summed E-state index contributed by atoms with van der Waals surface area (Å²) in [7, 11) is 0. The van der Waals surface area contributed by atoms with Gasteiger partial charge in [0.2, 0.25) is 0 Å². The summed E-state index contributed by atoms with van der Waals surface area (Å²) < 4.78 is 5.08. The van der Waals surface area contributed by atoms with Crippen LogP contribution in [0.3, 0.4) is 0 Å². The van der Waals surface area contributed by atoms with Crippen molar-refractivity contribution in [2.24, 2.45) is 0 Å². The number of benzene rings is 2. The Morgan fingerprint density at radius 2 is 1.59 bits per heavy atom. The van der Waals surface area contributed by atoms with Gasteiger partial charge in [-0.3, -0.25) is 14.5 Å². The second-order valence-electron chi connectivity index (χ2n) is 7.59. The highest BCUT2D eigenvalue weighted by Gasteiger charge is 2.43. The van der Waals surface area contributed by atoms with Crippen molar-refractivity contribution in [2.75, 3.05) is 37.7 Å². The summed E-state index contributed by atoms with van der Waals surface area (Å²) in [5.41, 5.74) is 1.74. The quantitative estimate of drug-likeness (QED) is 0.494. The molecule has 2 aliphatic heterocycles. The van der Waals surface area contributed by atoms with Crippen LogP contribution in [0.2, 0.25) is 0 Å². The molecule has 0 saturated carbocycles. The van der Waals surface area contributed by atoms with Crippen LogP contribution < -0.4 is 4.90 Å². The first-order valence-corrected chi connectivity index (χ1v) is 10.9. The van der Waals surface area contributed by atoms with Crippen LogP contribution in [0.5, 0.6) is 0 Å². The van der Waals surface area contributed by atoms with Crippen LogP contribution in [-0.4, -0.2) is 60.4 Å². The number of amides is 2. The number of anilines is 1. The largest absolute Gasteiger partial charge is 0.462 e. The molecule has 2 amide bonds. The number of para-hydroxylation sites is 1. The molecule has 0 N–H and O–H groups in total. The van der Waals surface area contributed by atoms with Crippen LogP contribution in [0.4, 0.5) is 5.69 Å². The minimum atomic E-state index is -0.630. The van der Waals surface area contributed by atoms with Crippen LogP contribution in [0.1, 0.15) is 22.8 Å². The van der Waals surface area contributed by atoms with Gasteiger partial charge in [-0.15, -0.1) is 0 Å². The molecule has 2 heterocycles. The van der Waals surface area contributed by atoms with E-state index in [4.69, 9.17) is 16.3 Å². The van der Waals surface area contributed by atoms with Crippen molar-refractivity contribution in [1.29, 1.82) is 0 Å². The summed E-state index contributed by atoms with van der Waals surface area (Å²) in [6.45, 7) is 5.34. The van der Waals surface area contributed by atoms with E-state index in [9.17, 15) is 14.4 Å². The number of carbonyl (C=O) groups is 3. The van der Waals surface area contributed by atoms with E-state index in [1.54, 1.807) is 25.1 Å². The summed E-state index contributed by atoms with van der Waals surface area (Å²) in [5.74, 6) is -1.74. The standard InChI is InChI=1S/C24H24ClN3O4/c1-2-32-24(31)18-10-6-7-11-19(18)28-22(29)20(25)21(23(28)30)27-14-12-26(13-15-27)16-17-8-4-3-5-9-17/h3-11H,2,12-16H2,1H3. The first-order chi connectivity index (χ1) is 15.5. The Morgan fingerprint density at radius 1 is 0.938 bits per heavy atom. The first-order valence-electron chi connectivity index (χ1n) is 10.6. The average molecular weight is 454 g/mol. The Hall–Kier alpha value is -3.16. The summed E-state index contributed by atoms with van der Waals surface area (Å²) in [6, 6.07) is 16.6. The number of hydrogen-bond donors (Lipinski definition) is 0. The molecule has 0 aliphatic carbocycles. The lowest BCUT2D eigenvalue weighted by Gasteiger charge is -2.36. The number of halogens is 1. The third kappa shape index (κ3) is 4.26. The molecule has 0 atom stereocenters. The number of ether oxygens (including phenoxy) is 1. The Morgan fingerprint density at radius 3 is 2.28 bits per heavy atom. The lowest BCUT2D eigenvalue weighted by Crippen LogP contribution is -2.47. The zero-order chi connectivity index (χ0) is 22.7. The first kappa shape index (κ1) is 22.0. The van der Waals surface area contributed by atoms with Crippen LogP contribution in [0.15, 0.2) is 65.3 Å². The van der Waals surface area contributed by atoms with Gasteiger partial charge in [0.15, 0.2) is 0 Å². The van der Waals surface area contributed by atoms with Gasteiger partial charge in [-0.05, 0) is 24.6 Å². The minimum absolute atomic E-state index is 0.120. The molecule has 0 bridgehead atoms. The molecule has 0 radical (unpaired) electrons. The van der Waals surface area contributed by atoms with E-state index in [0.29, 0.717) is 13.1 Å². The highest BCUT2D eigenvalue weighted by molar-refractivity contribution is 6.52. The van der Waals surface area contributed by atoms with Crippen molar-refractivity contribution in [1.82, 2.24) is 9.80 Å². The fraction of sp³-hybridized carbons (Fsp3) is 0.292. The second-order valence-corrected chi connectivity index (χ2v) is 7.97. The number of piperazine rings is 1. The van der Waals surface area contributed by atoms with Gasteiger partial charge < -0.3 is 9.64 Å². The third-order valence-corrected chi connectivity index (χ3v) is 5.92. The van der Waals surface area contributed by atoms with Crippen molar-refractivity contribution in [3.05, 3.63) is 76.5 Å². The predicted molar refractivity (Wildman–Crippen MR) is 121 cm³/mol. The van der Waals surface area contributed by atoms with Crippen LogP contribution in [0, 0.1) is 0 Å². The maximum Gasteiger partial charge on any atom is 0.340 e. The van der Waals surface area contributed by atoms with E-state index in [-0.39, 0.29) is 28.6 Å². The predicted octanol–water partition coefficient (Wildman–Crippen LogP) is 3.00. The molecule has 1 saturated heterocycles. The molecule has 8 heteroatoms. The Kier molecular flexibility index (Phi) is 6.58. The number of imide groups is 1. The molecule has 2 aliphatic rings. The molecule has 4 rings (SSSR count). The molecule has 166 valence electrons. The molecule has 32 heavy (non-hydrogen) atoms. The molecule has 0 spiro atoms. The summed E-state index contributed by atoms with van der Waals surface area (Å²) in [6.07, 6.45) is 0. The van der Waals surface area contributed by atoms with Gasteiger partial charge in [-0.2, -0.15) is 0 Å². The summed E-state index contributed by atoms with van der Waals surface area (Å²) in [4.78, 5) is 43.7. The van der Waals surface area contributed by atoms with E-state index in [0.717, 1.165) is 24.5 Å². The molecule has 0 aromatic heterocycles. The normalized spacial score (nSPS) is 17.3. The van der Waals surface area contributed by atoms with Crippen molar-refractivity contribution in [2.45, 2.75) is 13.5 Å². The molecular formula is C24H24ClN3O4. The van der Waals surface area contributed by atoms with E-state index in [2.05, 4.69) is 17.0 Å². The third-order valence-electron chi connectivity index (χ3n) is 5.58. The highest BCUT2D eigenvalue weighted by Crippen LogP contribution is 2.33. The maximum absolute atomic E-state index is 13.3. The van der Waals surface area contributed by atoms with Gasteiger partial charge in [-0.1, -0.05) is 54.1 Å². The lowest BCUT2D eigenvalue weighted by molar-refractivity contribution is -0.121. The van der Waals surface area contributed by atoms with Crippen LogP contribution in [-0.2, 0) is 20.9 Å². The molecule has 1 fully saturated rings. The van der Waals surface area contributed by atoms with E-state index >= 15 is 0 Å². The number of nitrogens with zero attached hydrogens (tertiary/aromatic N) is 3. The SMILES string of the molecule is CCOC(=O)c1ccccc1N1C(=O)C(Cl)=C(N2CCN(Cc3ccccc3)CC2)C1=O. The fourth-order valence-corrected chi connectivity index (χ4v) is 4.29. The zero-order valence-electron chi connectivity index (χ0n) is 17.8. The maximum atomic E-state index is 13.3. The number of esters is 1. The van der Waals surface area contributed by atoms with Crippen molar-refractivity contribution < 1.29 is 19.1 Å². The number of rotatable bonds is 6. The smallest absolute Gasteiger partial charge is 0.340 e. The molecule has 7 nitrogen and oxygen atoms in total. The van der Waals surface area contributed by atoms with Gasteiger partial charge >= 0.3 is 5.97 Å². The van der Waals surface area contributed by atoms with E-state index in [1.165, 1.54) is 11.6 Å². The van der Waals surface area contributed by atoms with Gasteiger partial charge in [0.25, 0.3) is 11.8 Å². The molecule has 2 aromatic rings. The van der Waals surface area contributed by atoms with Gasteiger partial charge in [0, 0.05) is 32.7 Å². The number of carbonyl (C=O) groups excluding carboxylic acids is 3. The van der Waals surface area contributed by atoms with Gasteiger partial charge in [-0.25, -0.2) is 9.69 Å². The fourth-order valence-electron chi connectivity index (χ4n) is 4.01.